The lowest BCUT2D eigenvalue weighted by Gasteiger charge is -2.34. The molecule has 1 saturated heterocycles. The molecule has 2 fully saturated rings. The van der Waals surface area contributed by atoms with Gasteiger partial charge in [0.25, 0.3) is 0 Å². The zero-order chi connectivity index (χ0) is 13.1. The Labute approximate surface area is 132 Å². The highest BCUT2D eigenvalue weighted by molar-refractivity contribution is 7.09. The Kier molecular flexibility index (Phi) is 6.27. The number of nitrogens with one attached hydrogen (secondary N) is 1. The minimum Gasteiger partial charge on any atom is -0.317 e. The van der Waals surface area contributed by atoms with Gasteiger partial charge in [0.2, 0.25) is 0 Å². The monoisotopic (exact) mass is 315 g/mol. The fraction of sp³-hybridized carbons (Fsp3) is 0.800. The summed E-state index contributed by atoms with van der Waals surface area (Å²) in [6, 6.07) is 0.773. The summed E-state index contributed by atoms with van der Waals surface area (Å²) in [5.41, 5.74) is 3.47. The normalized spacial score (nSPS) is 20.1. The molecule has 2 aliphatic rings. The van der Waals surface area contributed by atoms with E-state index in [0.29, 0.717) is 0 Å². The molecule has 1 aliphatic carbocycles. The summed E-state index contributed by atoms with van der Waals surface area (Å²) >= 11 is 1.87. The highest BCUT2D eigenvalue weighted by atomic mass is 35.5. The van der Waals surface area contributed by atoms with Gasteiger partial charge in [-0.2, -0.15) is 0 Å². The van der Waals surface area contributed by atoms with Gasteiger partial charge in [0.1, 0.15) is 0 Å². The van der Waals surface area contributed by atoms with E-state index in [-0.39, 0.29) is 12.4 Å². The fourth-order valence-electron chi connectivity index (χ4n) is 3.12. The Morgan fingerprint density at radius 2 is 2.05 bits per heavy atom. The Balaban J connectivity index is 0.00000147. The molecule has 0 atom stereocenters. The molecule has 5 heteroatoms. The molecule has 3 nitrogen and oxygen atoms in total. The summed E-state index contributed by atoms with van der Waals surface area (Å²) in [6.45, 7) is 7.02. The average Bonchev–Trinajstić information content (AvgIpc) is 3.19. The van der Waals surface area contributed by atoms with Crippen molar-refractivity contribution in [2.45, 2.75) is 57.5 Å². The Morgan fingerprint density at radius 1 is 1.30 bits per heavy atom. The van der Waals surface area contributed by atoms with E-state index in [9.17, 15) is 0 Å². The summed E-state index contributed by atoms with van der Waals surface area (Å²) < 4.78 is 0. The van der Waals surface area contributed by atoms with Crippen LogP contribution in [0.15, 0.2) is 5.51 Å². The number of hydrogen-bond acceptors (Lipinski definition) is 4. The third kappa shape index (κ3) is 3.94. The van der Waals surface area contributed by atoms with E-state index >= 15 is 0 Å². The molecule has 0 spiro atoms. The molecule has 20 heavy (non-hydrogen) atoms. The molecular weight excluding hydrogens is 290 g/mol. The van der Waals surface area contributed by atoms with Crippen LogP contribution in [0.4, 0.5) is 0 Å². The lowest BCUT2D eigenvalue weighted by molar-refractivity contribution is 0.155. The molecule has 114 valence electrons. The maximum absolute atomic E-state index is 4.62. The molecule has 1 saturated carbocycles. The molecule has 3 rings (SSSR count). The van der Waals surface area contributed by atoms with Gasteiger partial charge in [-0.1, -0.05) is 6.92 Å². The Morgan fingerprint density at radius 3 is 2.70 bits per heavy atom. The number of aromatic nitrogens is 1. The summed E-state index contributed by atoms with van der Waals surface area (Å²) in [7, 11) is 0. The van der Waals surface area contributed by atoms with Crippen molar-refractivity contribution >= 4 is 23.7 Å². The maximum atomic E-state index is 4.62. The van der Waals surface area contributed by atoms with Crippen molar-refractivity contribution < 1.29 is 0 Å². The second kappa shape index (κ2) is 7.74. The predicted molar refractivity (Wildman–Crippen MR) is 87.9 cm³/mol. The molecule has 0 amide bonds. The van der Waals surface area contributed by atoms with Gasteiger partial charge in [0.05, 0.1) is 11.2 Å². The van der Waals surface area contributed by atoms with Gasteiger partial charge in [0.15, 0.2) is 0 Å². The van der Waals surface area contributed by atoms with E-state index < -0.39 is 0 Å². The Bertz CT molecular complexity index is 400. The number of halogens is 1. The van der Waals surface area contributed by atoms with Crippen molar-refractivity contribution in [2.75, 3.05) is 19.6 Å². The minimum absolute atomic E-state index is 0. The highest BCUT2D eigenvalue weighted by Crippen LogP contribution is 2.42. The van der Waals surface area contributed by atoms with Gasteiger partial charge in [-0.3, -0.25) is 4.90 Å². The van der Waals surface area contributed by atoms with Crippen LogP contribution in [-0.2, 0) is 6.54 Å². The molecule has 1 N–H and O–H groups in total. The zero-order valence-electron chi connectivity index (χ0n) is 12.3. The van der Waals surface area contributed by atoms with Gasteiger partial charge in [-0.25, -0.2) is 4.98 Å². The van der Waals surface area contributed by atoms with Crippen LogP contribution >= 0.6 is 23.7 Å². The van der Waals surface area contributed by atoms with Crippen molar-refractivity contribution in [1.82, 2.24) is 15.2 Å². The van der Waals surface area contributed by atoms with Gasteiger partial charge in [-0.15, -0.1) is 23.7 Å². The topological polar surface area (TPSA) is 28.2 Å². The first kappa shape index (κ1) is 16.2. The van der Waals surface area contributed by atoms with E-state index in [1.165, 1.54) is 62.3 Å². The average molecular weight is 316 g/mol. The van der Waals surface area contributed by atoms with Crippen LogP contribution in [0.3, 0.4) is 0 Å². The summed E-state index contributed by atoms with van der Waals surface area (Å²) in [6.07, 6.45) is 6.58. The molecule has 0 radical (unpaired) electrons. The Hall–Kier alpha value is -0.160. The van der Waals surface area contributed by atoms with Crippen molar-refractivity contribution in [1.29, 1.82) is 0 Å². The van der Waals surface area contributed by atoms with Gasteiger partial charge < -0.3 is 5.32 Å². The van der Waals surface area contributed by atoms with Crippen LogP contribution in [-0.4, -0.2) is 35.6 Å². The number of thiazole rings is 1. The van der Waals surface area contributed by atoms with E-state index in [1.807, 2.05) is 11.3 Å². The smallest absolute Gasteiger partial charge is 0.0798 e. The van der Waals surface area contributed by atoms with Crippen LogP contribution in [0.25, 0.3) is 0 Å². The molecule has 1 aromatic heterocycles. The van der Waals surface area contributed by atoms with E-state index in [4.69, 9.17) is 0 Å². The minimum atomic E-state index is 0. The van der Waals surface area contributed by atoms with Crippen LogP contribution in [0.5, 0.6) is 0 Å². The SMILES string of the molecule is CCCN(Cc1scnc1C1CC1)C1CCNCC1.Cl. The molecule has 2 heterocycles. The molecular formula is C15H26ClN3S. The van der Waals surface area contributed by atoms with Crippen molar-refractivity contribution in [3.8, 4) is 0 Å². The maximum Gasteiger partial charge on any atom is 0.0798 e. The lowest BCUT2D eigenvalue weighted by Crippen LogP contribution is -2.43. The quantitative estimate of drug-likeness (QED) is 0.872. The van der Waals surface area contributed by atoms with Crippen LogP contribution in [0.1, 0.15) is 55.5 Å². The third-order valence-corrected chi connectivity index (χ3v) is 5.15. The number of piperidine rings is 1. The fourth-order valence-corrected chi connectivity index (χ4v) is 4.00. The summed E-state index contributed by atoms with van der Waals surface area (Å²) in [5.74, 6) is 0.790. The summed E-state index contributed by atoms with van der Waals surface area (Å²) in [5, 5.41) is 3.47. The molecule has 1 aromatic rings. The van der Waals surface area contributed by atoms with Crippen molar-refractivity contribution in [3.05, 3.63) is 16.1 Å². The largest absolute Gasteiger partial charge is 0.317 e. The third-order valence-electron chi connectivity index (χ3n) is 4.32. The van der Waals surface area contributed by atoms with Crippen molar-refractivity contribution in [2.24, 2.45) is 0 Å². The van der Waals surface area contributed by atoms with Gasteiger partial charge in [0, 0.05) is 23.4 Å². The van der Waals surface area contributed by atoms with E-state index in [1.54, 1.807) is 0 Å². The number of hydrogen-bond donors (Lipinski definition) is 1. The van der Waals surface area contributed by atoms with Gasteiger partial charge >= 0.3 is 0 Å². The van der Waals surface area contributed by atoms with Crippen molar-refractivity contribution in [3.63, 3.8) is 0 Å². The first-order chi connectivity index (χ1) is 9.38. The van der Waals surface area contributed by atoms with Crippen LogP contribution in [0, 0.1) is 0 Å². The predicted octanol–water partition coefficient (Wildman–Crippen LogP) is 3.41. The highest BCUT2D eigenvalue weighted by Gasteiger charge is 2.29. The first-order valence-corrected chi connectivity index (χ1v) is 8.63. The molecule has 0 bridgehead atoms. The molecule has 1 aliphatic heterocycles. The van der Waals surface area contributed by atoms with E-state index in [0.717, 1.165) is 18.5 Å². The molecule has 0 unspecified atom stereocenters. The standard InChI is InChI=1S/C15H25N3S.ClH/c1-2-9-18(13-5-7-16-8-6-13)10-14-15(12-3-4-12)17-11-19-14;/h11-13,16H,2-10H2,1H3;1H. The zero-order valence-corrected chi connectivity index (χ0v) is 13.9. The number of rotatable bonds is 6. The first-order valence-electron chi connectivity index (χ1n) is 7.75. The lowest BCUT2D eigenvalue weighted by atomic mass is 10.0. The second-order valence-electron chi connectivity index (χ2n) is 5.89. The van der Waals surface area contributed by atoms with Gasteiger partial charge in [-0.05, 0) is 51.7 Å². The van der Waals surface area contributed by atoms with E-state index in [2.05, 4.69) is 27.6 Å². The second-order valence-corrected chi connectivity index (χ2v) is 6.83. The summed E-state index contributed by atoms with van der Waals surface area (Å²) in [4.78, 5) is 8.86. The molecule has 0 aromatic carbocycles. The van der Waals surface area contributed by atoms with Crippen LogP contribution < -0.4 is 5.32 Å². The van der Waals surface area contributed by atoms with Crippen LogP contribution in [0.2, 0.25) is 0 Å². The number of nitrogens with zero attached hydrogens (tertiary/aromatic N) is 2.